The monoisotopic (exact) mass is 150 g/mol. The van der Waals surface area contributed by atoms with Crippen molar-refractivity contribution in [2.45, 2.75) is 0 Å². The maximum absolute atomic E-state index is 9.90. The van der Waals surface area contributed by atoms with Crippen molar-refractivity contribution in [1.82, 2.24) is 0 Å². The van der Waals surface area contributed by atoms with E-state index < -0.39 is 0 Å². The normalized spacial score (nSPS) is 12.9. The summed E-state index contributed by atoms with van der Waals surface area (Å²) in [5.41, 5.74) is 0. The van der Waals surface area contributed by atoms with Gasteiger partial charge in [0.15, 0.2) is 0 Å². The van der Waals surface area contributed by atoms with Gasteiger partial charge in [-0.25, -0.2) is 0 Å². The van der Waals surface area contributed by atoms with Crippen LogP contribution in [-0.2, 0) is 4.79 Å². The van der Waals surface area contributed by atoms with Crippen molar-refractivity contribution in [3.8, 4) is 0 Å². The number of carbonyl (C=O) groups excluding carboxylic acids is 1. The topological polar surface area (TPSA) is 54.9 Å². The second kappa shape index (κ2) is 4.16. The molecule has 0 radical (unpaired) electrons. The van der Waals surface area contributed by atoms with Gasteiger partial charge in [-0.1, -0.05) is 0 Å². The van der Waals surface area contributed by atoms with Crippen molar-refractivity contribution in [2.75, 3.05) is 0 Å². The average Bonchev–Trinajstić information content (AvgIpc) is 2.57. The highest BCUT2D eigenvalue weighted by atomic mass is 16.3. The first-order valence-corrected chi connectivity index (χ1v) is 2.98. The summed E-state index contributed by atoms with van der Waals surface area (Å²) in [7, 11) is 0. The van der Waals surface area contributed by atoms with Crippen molar-refractivity contribution < 1.29 is 9.21 Å². The first-order valence-electron chi connectivity index (χ1n) is 2.98. The SMILES string of the molecule is O=C1C=CN=N1.c1ccoc1. The zero-order valence-electron chi connectivity index (χ0n) is 5.68. The summed E-state index contributed by atoms with van der Waals surface area (Å²) in [6, 6.07) is 3.67. The van der Waals surface area contributed by atoms with Gasteiger partial charge < -0.3 is 4.42 Å². The van der Waals surface area contributed by atoms with Crippen molar-refractivity contribution >= 4 is 5.91 Å². The molecule has 1 aliphatic heterocycles. The van der Waals surface area contributed by atoms with Crippen LogP contribution in [0, 0.1) is 0 Å². The van der Waals surface area contributed by atoms with Crippen LogP contribution >= 0.6 is 0 Å². The summed E-state index contributed by atoms with van der Waals surface area (Å²) < 4.78 is 4.58. The van der Waals surface area contributed by atoms with Gasteiger partial charge in [-0.05, 0) is 12.1 Å². The number of nitrogens with zero attached hydrogens (tertiary/aromatic N) is 2. The number of rotatable bonds is 0. The molecule has 0 fully saturated rings. The van der Waals surface area contributed by atoms with Gasteiger partial charge in [0.25, 0.3) is 5.91 Å². The van der Waals surface area contributed by atoms with E-state index in [0.717, 1.165) is 0 Å². The molecule has 0 bridgehead atoms. The molecule has 0 aromatic carbocycles. The molecule has 4 heteroatoms. The van der Waals surface area contributed by atoms with Gasteiger partial charge in [-0.2, -0.15) is 5.11 Å². The molecule has 0 N–H and O–H groups in total. The smallest absolute Gasteiger partial charge is 0.289 e. The van der Waals surface area contributed by atoms with E-state index >= 15 is 0 Å². The zero-order valence-corrected chi connectivity index (χ0v) is 5.68. The Kier molecular flexibility index (Phi) is 2.80. The summed E-state index contributed by atoms with van der Waals surface area (Å²) in [4.78, 5) is 9.90. The fraction of sp³-hybridized carbons (Fsp3) is 0. The third-order valence-electron chi connectivity index (χ3n) is 0.865. The maximum atomic E-state index is 9.90. The van der Waals surface area contributed by atoms with Crippen LogP contribution < -0.4 is 0 Å². The molecule has 4 nitrogen and oxygen atoms in total. The molecule has 0 spiro atoms. The number of furan rings is 1. The molecule has 2 heterocycles. The maximum Gasteiger partial charge on any atom is 0.289 e. The molecule has 0 atom stereocenters. The van der Waals surface area contributed by atoms with Gasteiger partial charge in [0.05, 0.1) is 18.7 Å². The predicted octanol–water partition coefficient (Wildman–Crippen LogP) is 1.77. The van der Waals surface area contributed by atoms with Crippen molar-refractivity contribution in [2.24, 2.45) is 10.2 Å². The lowest BCUT2D eigenvalue weighted by molar-refractivity contribution is -0.113. The van der Waals surface area contributed by atoms with Crippen LogP contribution in [0.3, 0.4) is 0 Å². The fourth-order valence-electron chi connectivity index (χ4n) is 0.447. The van der Waals surface area contributed by atoms with Gasteiger partial charge in [0.2, 0.25) is 0 Å². The highest BCUT2D eigenvalue weighted by Crippen LogP contribution is 1.90. The first kappa shape index (κ1) is 7.40. The Morgan fingerprint density at radius 3 is 2.18 bits per heavy atom. The fourth-order valence-corrected chi connectivity index (χ4v) is 0.447. The Labute approximate surface area is 63.2 Å². The van der Waals surface area contributed by atoms with Crippen LogP contribution in [0.15, 0.2) is 51.6 Å². The van der Waals surface area contributed by atoms with Gasteiger partial charge in [-0.3, -0.25) is 4.79 Å². The van der Waals surface area contributed by atoms with Crippen LogP contribution in [0.2, 0.25) is 0 Å². The second-order valence-electron chi connectivity index (χ2n) is 1.66. The Morgan fingerprint density at radius 2 is 2.00 bits per heavy atom. The molecule has 1 amide bonds. The summed E-state index contributed by atoms with van der Waals surface area (Å²) in [5, 5.41) is 6.37. The largest absolute Gasteiger partial charge is 0.473 e. The van der Waals surface area contributed by atoms with E-state index in [0.29, 0.717) is 0 Å². The molecule has 1 aromatic heterocycles. The third-order valence-corrected chi connectivity index (χ3v) is 0.865. The predicted molar refractivity (Wildman–Crippen MR) is 37.7 cm³/mol. The van der Waals surface area contributed by atoms with Crippen molar-refractivity contribution in [3.05, 3.63) is 36.9 Å². The van der Waals surface area contributed by atoms with Gasteiger partial charge >= 0.3 is 0 Å². The molecular formula is C7H6N2O2. The molecule has 1 aromatic rings. The number of amides is 1. The molecule has 11 heavy (non-hydrogen) atoms. The second-order valence-corrected chi connectivity index (χ2v) is 1.66. The lowest BCUT2D eigenvalue weighted by Gasteiger charge is -1.59. The molecule has 2 rings (SSSR count). The summed E-state index contributed by atoms with van der Waals surface area (Å²) in [6.45, 7) is 0. The standard InChI is InChI=1S/C4H4O.C3H2N2O/c1-2-4-5-3-1;6-3-1-2-4-5-3/h1-4H;1-2H. The summed E-state index contributed by atoms with van der Waals surface area (Å²) in [5.74, 6) is -0.269. The van der Waals surface area contributed by atoms with E-state index in [-0.39, 0.29) is 5.91 Å². The lowest BCUT2D eigenvalue weighted by atomic mass is 10.6. The highest BCUT2D eigenvalue weighted by molar-refractivity contribution is 5.89. The minimum Gasteiger partial charge on any atom is -0.473 e. The Morgan fingerprint density at radius 1 is 1.27 bits per heavy atom. The quantitative estimate of drug-likeness (QED) is 0.565. The van der Waals surface area contributed by atoms with E-state index in [1.165, 1.54) is 12.3 Å². The number of azo groups is 1. The zero-order chi connectivity index (χ0) is 7.94. The van der Waals surface area contributed by atoms with Crippen molar-refractivity contribution in [1.29, 1.82) is 0 Å². The molecule has 0 unspecified atom stereocenters. The van der Waals surface area contributed by atoms with Crippen LogP contribution in [0.5, 0.6) is 0 Å². The highest BCUT2D eigenvalue weighted by Gasteiger charge is 1.92. The minimum atomic E-state index is -0.269. The average molecular weight is 150 g/mol. The number of hydrogen-bond donors (Lipinski definition) is 0. The van der Waals surface area contributed by atoms with Crippen LogP contribution in [0.4, 0.5) is 0 Å². The molecule has 0 aliphatic carbocycles. The van der Waals surface area contributed by atoms with Crippen LogP contribution in [0.25, 0.3) is 0 Å². The van der Waals surface area contributed by atoms with Crippen molar-refractivity contribution in [3.63, 3.8) is 0 Å². The number of carbonyl (C=O) groups is 1. The van der Waals surface area contributed by atoms with E-state index in [4.69, 9.17) is 0 Å². The Hall–Kier alpha value is -1.71. The van der Waals surface area contributed by atoms with Gasteiger partial charge in [0, 0.05) is 6.08 Å². The Bertz CT molecular complexity index is 231. The van der Waals surface area contributed by atoms with E-state index in [1.807, 2.05) is 12.1 Å². The first-order chi connectivity index (χ1) is 5.39. The van der Waals surface area contributed by atoms with E-state index in [1.54, 1.807) is 12.5 Å². The van der Waals surface area contributed by atoms with E-state index in [2.05, 4.69) is 14.6 Å². The van der Waals surface area contributed by atoms with Crippen LogP contribution in [0.1, 0.15) is 0 Å². The van der Waals surface area contributed by atoms with Crippen LogP contribution in [-0.4, -0.2) is 5.91 Å². The van der Waals surface area contributed by atoms with E-state index in [9.17, 15) is 4.79 Å². The molecule has 0 saturated carbocycles. The minimum absolute atomic E-state index is 0.269. The third kappa shape index (κ3) is 3.10. The molecule has 1 aliphatic rings. The number of hydrogen-bond acceptors (Lipinski definition) is 3. The molecular weight excluding hydrogens is 144 g/mol. The summed E-state index contributed by atoms with van der Waals surface area (Å²) in [6.07, 6.45) is 5.92. The van der Waals surface area contributed by atoms with Gasteiger partial charge in [0.1, 0.15) is 0 Å². The van der Waals surface area contributed by atoms with Gasteiger partial charge in [-0.15, -0.1) is 5.11 Å². The lowest BCUT2D eigenvalue weighted by Crippen LogP contribution is -1.74. The summed E-state index contributed by atoms with van der Waals surface area (Å²) >= 11 is 0. The Balaban J connectivity index is 0.000000112. The molecule has 0 saturated heterocycles. The molecule has 56 valence electrons.